The maximum atomic E-state index is 13.8. The van der Waals surface area contributed by atoms with Crippen molar-refractivity contribution in [1.29, 1.82) is 0 Å². The van der Waals surface area contributed by atoms with E-state index in [4.69, 9.17) is 17.0 Å². The number of H-pyrrole nitrogens is 1. The summed E-state index contributed by atoms with van der Waals surface area (Å²) in [5.41, 5.74) is 1.41. The van der Waals surface area contributed by atoms with Crippen LogP contribution in [0.1, 0.15) is 5.56 Å². The maximum Gasteiger partial charge on any atom is 0.195 e. The molecule has 18 heavy (non-hydrogen) atoms. The molecule has 96 valence electrons. The Bertz CT molecular complexity index is 606. The van der Waals surface area contributed by atoms with Gasteiger partial charge in [-0.2, -0.15) is 5.10 Å². The van der Waals surface area contributed by atoms with Crippen LogP contribution in [0.4, 0.5) is 4.39 Å². The van der Waals surface area contributed by atoms with Gasteiger partial charge in [0.2, 0.25) is 0 Å². The molecule has 0 aliphatic carbocycles. The minimum Gasteiger partial charge on any atom is -0.383 e. The van der Waals surface area contributed by atoms with Crippen molar-refractivity contribution >= 4 is 12.2 Å². The van der Waals surface area contributed by atoms with Crippen molar-refractivity contribution in [1.82, 2.24) is 14.8 Å². The molecule has 4 nitrogen and oxygen atoms in total. The quantitative estimate of drug-likeness (QED) is 0.866. The number of nitrogens with one attached hydrogen (secondary N) is 1. The van der Waals surface area contributed by atoms with Crippen molar-refractivity contribution in [2.24, 2.45) is 0 Å². The number of halogens is 1. The Morgan fingerprint density at radius 3 is 3.00 bits per heavy atom. The fourth-order valence-corrected chi connectivity index (χ4v) is 1.95. The van der Waals surface area contributed by atoms with Crippen LogP contribution in [0.3, 0.4) is 0 Å². The molecule has 2 rings (SSSR count). The third kappa shape index (κ3) is 2.49. The average molecular weight is 267 g/mol. The lowest BCUT2D eigenvalue weighted by Gasteiger charge is -2.07. The Balaban J connectivity index is 2.50. The molecule has 1 aromatic carbocycles. The van der Waals surface area contributed by atoms with Crippen LogP contribution >= 0.6 is 12.2 Å². The van der Waals surface area contributed by atoms with E-state index in [1.165, 1.54) is 6.07 Å². The number of hydrogen-bond acceptors (Lipinski definition) is 3. The highest BCUT2D eigenvalue weighted by Crippen LogP contribution is 2.22. The summed E-state index contributed by atoms with van der Waals surface area (Å²) in [5, 5.41) is 6.78. The zero-order valence-corrected chi connectivity index (χ0v) is 11.1. The van der Waals surface area contributed by atoms with E-state index < -0.39 is 0 Å². The third-order valence-electron chi connectivity index (χ3n) is 2.64. The second kappa shape index (κ2) is 5.41. The fourth-order valence-electron chi connectivity index (χ4n) is 1.72. The molecule has 2 aromatic rings. The zero-order chi connectivity index (χ0) is 13.1. The molecule has 1 N–H and O–H groups in total. The summed E-state index contributed by atoms with van der Waals surface area (Å²) in [4.78, 5) is 0. The Hall–Kier alpha value is -1.53. The molecular weight excluding hydrogens is 253 g/mol. The Morgan fingerprint density at radius 1 is 1.50 bits per heavy atom. The van der Waals surface area contributed by atoms with Crippen molar-refractivity contribution in [3.63, 3.8) is 0 Å². The molecule has 0 amide bonds. The van der Waals surface area contributed by atoms with E-state index in [2.05, 4.69) is 10.2 Å². The van der Waals surface area contributed by atoms with E-state index in [-0.39, 0.29) is 5.82 Å². The summed E-state index contributed by atoms with van der Waals surface area (Å²) in [5.74, 6) is 0.187. The molecule has 0 atom stereocenters. The van der Waals surface area contributed by atoms with Crippen LogP contribution in [0.25, 0.3) is 11.4 Å². The van der Waals surface area contributed by atoms with Crippen LogP contribution in [0.5, 0.6) is 0 Å². The lowest BCUT2D eigenvalue weighted by Crippen LogP contribution is -2.07. The van der Waals surface area contributed by atoms with Gasteiger partial charge in [0.25, 0.3) is 0 Å². The number of benzene rings is 1. The molecule has 0 aliphatic rings. The smallest absolute Gasteiger partial charge is 0.195 e. The highest BCUT2D eigenvalue weighted by Gasteiger charge is 2.13. The average Bonchev–Trinajstić information content (AvgIpc) is 2.71. The maximum absolute atomic E-state index is 13.8. The van der Waals surface area contributed by atoms with E-state index in [0.29, 0.717) is 29.3 Å². The zero-order valence-electron chi connectivity index (χ0n) is 10.2. The van der Waals surface area contributed by atoms with E-state index in [0.717, 1.165) is 5.56 Å². The van der Waals surface area contributed by atoms with Crippen molar-refractivity contribution < 1.29 is 9.13 Å². The number of nitrogens with zero attached hydrogens (tertiary/aromatic N) is 2. The number of ether oxygens (including phenoxy) is 1. The van der Waals surface area contributed by atoms with E-state index >= 15 is 0 Å². The number of aryl methyl sites for hydroxylation is 1. The molecule has 0 saturated heterocycles. The Morgan fingerprint density at radius 2 is 2.28 bits per heavy atom. The van der Waals surface area contributed by atoms with Gasteiger partial charge in [-0.05, 0) is 31.3 Å². The van der Waals surface area contributed by atoms with Crippen LogP contribution in [0.15, 0.2) is 18.2 Å². The highest BCUT2D eigenvalue weighted by atomic mass is 32.1. The van der Waals surface area contributed by atoms with Gasteiger partial charge in [-0.3, -0.25) is 9.67 Å². The van der Waals surface area contributed by atoms with Crippen molar-refractivity contribution in [2.45, 2.75) is 13.5 Å². The second-order valence-corrected chi connectivity index (χ2v) is 4.37. The summed E-state index contributed by atoms with van der Waals surface area (Å²) in [6.45, 7) is 2.94. The SMILES string of the molecule is COCCn1c(-c2cc(C)ccc2F)n[nH]c1=S. The van der Waals surface area contributed by atoms with Gasteiger partial charge >= 0.3 is 0 Å². The van der Waals surface area contributed by atoms with Gasteiger partial charge in [0, 0.05) is 7.11 Å². The Labute approximate surface area is 109 Å². The van der Waals surface area contributed by atoms with Gasteiger partial charge in [0.15, 0.2) is 10.6 Å². The first-order chi connectivity index (χ1) is 8.63. The third-order valence-corrected chi connectivity index (χ3v) is 2.95. The first-order valence-electron chi connectivity index (χ1n) is 5.54. The van der Waals surface area contributed by atoms with Gasteiger partial charge in [-0.15, -0.1) is 0 Å². The molecule has 6 heteroatoms. The highest BCUT2D eigenvalue weighted by molar-refractivity contribution is 7.71. The van der Waals surface area contributed by atoms with Gasteiger partial charge in [0.05, 0.1) is 18.7 Å². The van der Waals surface area contributed by atoms with Crippen molar-refractivity contribution in [3.8, 4) is 11.4 Å². The predicted molar refractivity (Wildman–Crippen MR) is 69.4 cm³/mol. The molecule has 0 radical (unpaired) electrons. The largest absolute Gasteiger partial charge is 0.383 e. The topological polar surface area (TPSA) is 42.8 Å². The standard InChI is InChI=1S/C12H14FN3OS/c1-8-3-4-10(13)9(7-8)11-14-15-12(18)16(11)5-6-17-2/h3-4,7H,5-6H2,1-2H3,(H,15,18). The summed E-state index contributed by atoms with van der Waals surface area (Å²) in [7, 11) is 1.61. The number of aromatic nitrogens is 3. The monoisotopic (exact) mass is 267 g/mol. The Kier molecular flexibility index (Phi) is 3.88. The van der Waals surface area contributed by atoms with Crippen LogP contribution in [-0.4, -0.2) is 28.5 Å². The van der Waals surface area contributed by atoms with Gasteiger partial charge in [-0.1, -0.05) is 11.6 Å². The molecule has 0 spiro atoms. The summed E-state index contributed by atoms with van der Waals surface area (Å²) >= 11 is 5.13. The molecule has 0 saturated carbocycles. The summed E-state index contributed by atoms with van der Waals surface area (Å²) in [6.07, 6.45) is 0. The van der Waals surface area contributed by atoms with Crippen molar-refractivity contribution in [3.05, 3.63) is 34.4 Å². The lowest BCUT2D eigenvalue weighted by molar-refractivity contribution is 0.187. The van der Waals surface area contributed by atoms with Crippen LogP contribution in [0.2, 0.25) is 0 Å². The molecule has 0 fully saturated rings. The first kappa shape index (κ1) is 12.9. The summed E-state index contributed by atoms with van der Waals surface area (Å²) in [6, 6.07) is 4.91. The lowest BCUT2D eigenvalue weighted by atomic mass is 10.1. The normalized spacial score (nSPS) is 10.8. The van der Waals surface area contributed by atoms with Gasteiger partial charge in [-0.25, -0.2) is 4.39 Å². The van der Waals surface area contributed by atoms with E-state index in [9.17, 15) is 4.39 Å². The number of aromatic amines is 1. The van der Waals surface area contributed by atoms with Crippen molar-refractivity contribution in [2.75, 3.05) is 13.7 Å². The summed E-state index contributed by atoms with van der Waals surface area (Å²) < 4.78 is 21.0. The fraction of sp³-hybridized carbons (Fsp3) is 0.333. The number of methoxy groups -OCH3 is 1. The molecule has 0 aliphatic heterocycles. The molecule has 0 unspecified atom stereocenters. The van der Waals surface area contributed by atoms with Gasteiger partial charge in [0.1, 0.15) is 5.82 Å². The van der Waals surface area contributed by atoms with Crippen LogP contribution in [-0.2, 0) is 11.3 Å². The first-order valence-corrected chi connectivity index (χ1v) is 5.95. The van der Waals surface area contributed by atoms with Crippen LogP contribution in [0, 0.1) is 17.5 Å². The predicted octanol–water partition coefficient (Wildman–Crippen LogP) is 2.70. The molecule has 1 aromatic heterocycles. The minimum absolute atomic E-state index is 0.312. The number of hydrogen-bond donors (Lipinski definition) is 1. The van der Waals surface area contributed by atoms with Crippen LogP contribution < -0.4 is 0 Å². The second-order valence-electron chi connectivity index (χ2n) is 3.98. The van der Waals surface area contributed by atoms with E-state index in [1.807, 2.05) is 6.92 Å². The molecular formula is C12H14FN3OS. The minimum atomic E-state index is -0.312. The van der Waals surface area contributed by atoms with Gasteiger partial charge < -0.3 is 4.74 Å². The molecule has 1 heterocycles. The number of rotatable bonds is 4. The molecule has 0 bridgehead atoms. The van der Waals surface area contributed by atoms with E-state index in [1.54, 1.807) is 23.8 Å².